The van der Waals surface area contributed by atoms with Gasteiger partial charge in [-0.15, -0.1) is 11.3 Å². The van der Waals surface area contributed by atoms with Crippen molar-refractivity contribution in [3.63, 3.8) is 0 Å². The highest BCUT2D eigenvalue weighted by molar-refractivity contribution is 7.12. The zero-order chi connectivity index (χ0) is 17.6. The van der Waals surface area contributed by atoms with Gasteiger partial charge in [0.05, 0.1) is 10.4 Å². The first-order chi connectivity index (χ1) is 12.1. The van der Waals surface area contributed by atoms with E-state index in [9.17, 15) is 14.4 Å². The number of hydrogen-bond acceptors (Lipinski definition) is 6. The molecule has 0 saturated carbocycles. The Labute approximate surface area is 148 Å². The van der Waals surface area contributed by atoms with Crippen molar-refractivity contribution in [1.29, 1.82) is 0 Å². The number of nitrogens with one attached hydrogen (secondary N) is 1. The molecule has 7 nitrogen and oxygen atoms in total. The minimum Gasteiger partial charge on any atom is -0.430 e. The fraction of sp³-hybridized carbons (Fsp3) is 0.353. The lowest BCUT2D eigenvalue weighted by molar-refractivity contribution is 0.0643. The number of piperazine rings is 1. The summed E-state index contributed by atoms with van der Waals surface area (Å²) in [5.41, 5.74) is -0.155. The molecule has 1 aliphatic heterocycles. The molecule has 2 aromatic heterocycles. The van der Waals surface area contributed by atoms with Gasteiger partial charge in [-0.3, -0.25) is 14.5 Å². The first-order valence-corrected chi connectivity index (χ1v) is 8.93. The Morgan fingerprint density at radius 3 is 2.60 bits per heavy atom. The molecular weight excluding hydrogens is 342 g/mol. The molecule has 2 amide bonds. The Hall–Kier alpha value is -2.45. The number of carbonyl (C=O) groups excluding carboxylic acids is 2. The highest BCUT2D eigenvalue weighted by Crippen LogP contribution is 2.13. The van der Waals surface area contributed by atoms with Gasteiger partial charge in [-0.1, -0.05) is 6.07 Å². The van der Waals surface area contributed by atoms with E-state index in [0.29, 0.717) is 31.7 Å². The molecule has 1 N–H and O–H groups in total. The van der Waals surface area contributed by atoms with Gasteiger partial charge in [0.25, 0.3) is 11.8 Å². The van der Waals surface area contributed by atoms with E-state index in [4.69, 9.17) is 0 Å². The van der Waals surface area contributed by atoms with Gasteiger partial charge in [0, 0.05) is 45.3 Å². The third-order valence-electron chi connectivity index (χ3n) is 4.07. The minimum absolute atomic E-state index is 0.0912. The Bertz CT molecular complexity index is 759. The van der Waals surface area contributed by atoms with Crippen LogP contribution in [0.1, 0.15) is 20.0 Å². The van der Waals surface area contributed by atoms with E-state index in [1.807, 2.05) is 22.4 Å². The smallest absolute Gasteiger partial charge is 0.335 e. The van der Waals surface area contributed by atoms with Gasteiger partial charge in [0.2, 0.25) is 0 Å². The summed E-state index contributed by atoms with van der Waals surface area (Å²) in [6.45, 7) is 4.16. The molecule has 0 radical (unpaired) electrons. The second-order valence-electron chi connectivity index (χ2n) is 5.71. The van der Waals surface area contributed by atoms with E-state index in [0.717, 1.165) is 24.2 Å². The summed E-state index contributed by atoms with van der Waals surface area (Å²) >= 11 is 1.46. The van der Waals surface area contributed by atoms with Crippen molar-refractivity contribution < 1.29 is 14.0 Å². The van der Waals surface area contributed by atoms with Crippen molar-refractivity contribution in [2.45, 2.75) is 0 Å². The van der Waals surface area contributed by atoms with Crippen molar-refractivity contribution in [3.05, 3.63) is 56.8 Å². The highest BCUT2D eigenvalue weighted by atomic mass is 32.1. The van der Waals surface area contributed by atoms with Crippen LogP contribution in [0.5, 0.6) is 0 Å². The molecule has 1 aliphatic rings. The van der Waals surface area contributed by atoms with Gasteiger partial charge < -0.3 is 14.6 Å². The molecule has 0 unspecified atom stereocenters. The predicted octanol–water partition coefficient (Wildman–Crippen LogP) is 0.889. The van der Waals surface area contributed by atoms with Crippen LogP contribution in [0.25, 0.3) is 0 Å². The average molecular weight is 361 g/mol. The van der Waals surface area contributed by atoms with Crippen LogP contribution >= 0.6 is 11.3 Å². The van der Waals surface area contributed by atoms with Crippen LogP contribution in [-0.4, -0.2) is 60.9 Å². The lowest BCUT2D eigenvalue weighted by Gasteiger charge is -2.34. The number of rotatable bonds is 5. The molecule has 1 fully saturated rings. The molecule has 3 rings (SSSR count). The second kappa shape index (κ2) is 8.09. The van der Waals surface area contributed by atoms with Crippen molar-refractivity contribution in [2.75, 3.05) is 39.3 Å². The molecule has 3 heterocycles. The van der Waals surface area contributed by atoms with Gasteiger partial charge >= 0.3 is 5.63 Å². The molecule has 2 aromatic rings. The maximum atomic E-state index is 12.3. The number of thiophene rings is 1. The Morgan fingerprint density at radius 1 is 1.16 bits per heavy atom. The molecule has 0 atom stereocenters. The first-order valence-electron chi connectivity index (χ1n) is 8.06. The highest BCUT2D eigenvalue weighted by Gasteiger charge is 2.22. The Balaban J connectivity index is 1.39. The van der Waals surface area contributed by atoms with Gasteiger partial charge in [0.15, 0.2) is 0 Å². The summed E-state index contributed by atoms with van der Waals surface area (Å²) < 4.78 is 4.68. The van der Waals surface area contributed by atoms with Crippen LogP contribution < -0.4 is 10.9 Å². The van der Waals surface area contributed by atoms with Crippen molar-refractivity contribution >= 4 is 23.2 Å². The summed E-state index contributed by atoms with van der Waals surface area (Å²) in [5, 5.41) is 4.71. The molecular formula is C17H19N3O4S. The maximum Gasteiger partial charge on any atom is 0.335 e. The second-order valence-corrected chi connectivity index (χ2v) is 6.66. The summed E-state index contributed by atoms with van der Waals surface area (Å²) in [6.07, 6.45) is 1.16. The number of amides is 2. The quantitative estimate of drug-likeness (QED) is 0.855. The van der Waals surface area contributed by atoms with Gasteiger partial charge in [0.1, 0.15) is 6.26 Å². The number of hydrogen-bond donors (Lipinski definition) is 1. The molecule has 132 valence electrons. The molecule has 0 aliphatic carbocycles. The van der Waals surface area contributed by atoms with E-state index in [1.54, 1.807) is 0 Å². The fourth-order valence-electron chi connectivity index (χ4n) is 2.65. The Morgan fingerprint density at radius 2 is 1.96 bits per heavy atom. The van der Waals surface area contributed by atoms with Gasteiger partial charge in [-0.2, -0.15) is 0 Å². The topological polar surface area (TPSA) is 82.9 Å². The molecule has 0 aromatic carbocycles. The zero-order valence-electron chi connectivity index (χ0n) is 13.6. The summed E-state index contributed by atoms with van der Waals surface area (Å²) in [6, 6.07) is 6.39. The molecule has 8 heteroatoms. The normalized spacial score (nSPS) is 15.1. The Kier molecular flexibility index (Phi) is 5.62. The van der Waals surface area contributed by atoms with E-state index < -0.39 is 5.63 Å². The molecule has 1 saturated heterocycles. The average Bonchev–Trinajstić information content (AvgIpc) is 3.17. The SMILES string of the molecule is O=C(NCCN1CCN(C(=O)c2cccs2)CC1)c1ccc(=O)oc1. The first kappa shape index (κ1) is 17.4. The zero-order valence-corrected chi connectivity index (χ0v) is 14.5. The minimum atomic E-state index is -0.480. The lowest BCUT2D eigenvalue weighted by atomic mass is 10.2. The van der Waals surface area contributed by atoms with E-state index >= 15 is 0 Å². The summed E-state index contributed by atoms with van der Waals surface area (Å²) in [4.78, 5) is 39.9. The number of nitrogens with zero attached hydrogens (tertiary/aromatic N) is 2. The van der Waals surface area contributed by atoms with Crippen molar-refractivity contribution in [3.8, 4) is 0 Å². The summed E-state index contributed by atoms with van der Waals surface area (Å²) in [5.74, 6) is -0.177. The van der Waals surface area contributed by atoms with E-state index in [2.05, 4.69) is 14.6 Å². The van der Waals surface area contributed by atoms with Gasteiger partial charge in [-0.05, 0) is 17.5 Å². The number of carbonyl (C=O) groups is 2. The largest absolute Gasteiger partial charge is 0.430 e. The van der Waals surface area contributed by atoms with Crippen LogP contribution in [0, 0.1) is 0 Å². The van der Waals surface area contributed by atoms with Crippen molar-refractivity contribution in [1.82, 2.24) is 15.1 Å². The van der Waals surface area contributed by atoms with Crippen molar-refractivity contribution in [2.24, 2.45) is 0 Å². The van der Waals surface area contributed by atoms with E-state index in [-0.39, 0.29) is 11.8 Å². The summed E-state index contributed by atoms with van der Waals surface area (Å²) in [7, 11) is 0. The van der Waals surface area contributed by atoms with Crippen LogP contribution in [-0.2, 0) is 0 Å². The fourth-order valence-corrected chi connectivity index (χ4v) is 3.34. The van der Waals surface area contributed by atoms with Crippen LogP contribution in [0.2, 0.25) is 0 Å². The van der Waals surface area contributed by atoms with Crippen LogP contribution in [0.3, 0.4) is 0 Å². The third kappa shape index (κ3) is 4.55. The molecule has 0 spiro atoms. The van der Waals surface area contributed by atoms with E-state index in [1.165, 1.54) is 23.5 Å². The van der Waals surface area contributed by atoms with Gasteiger partial charge in [-0.25, -0.2) is 4.79 Å². The third-order valence-corrected chi connectivity index (χ3v) is 4.93. The van der Waals surface area contributed by atoms with Crippen LogP contribution in [0.15, 0.2) is 45.1 Å². The standard InChI is InChI=1S/C17H19N3O4S/c21-15-4-3-13(12-24-15)16(22)18-5-6-19-7-9-20(10-8-19)17(23)14-2-1-11-25-14/h1-4,11-12H,5-10H2,(H,18,22). The lowest BCUT2D eigenvalue weighted by Crippen LogP contribution is -2.50. The monoisotopic (exact) mass is 361 g/mol. The van der Waals surface area contributed by atoms with Crippen LogP contribution in [0.4, 0.5) is 0 Å². The maximum absolute atomic E-state index is 12.3. The molecule has 25 heavy (non-hydrogen) atoms. The molecule has 0 bridgehead atoms. The predicted molar refractivity (Wildman–Crippen MR) is 94.0 cm³/mol.